The first-order valence-corrected chi connectivity index (χ1v) is 15.1. The van der Waals surface area contributed by atoms with Gasteiger partial charge in [-0.25, -0.2) is 8.42 Å². The normalized spacial score (nSPS) is 12.5. The molecule has 0 unspecified atom stereocenters. The molecule has 0 fully saturated rings. The lowest BCUT2D eigenvalue weighted by Gasteiger charge is -2.35. The second-order valence-corrected chi connectivity index (χ2v) is 13.2. The van der Waals surface area contributed by atoms with Gasteiger partial charge in [0.2, 0.25) is 11.8 Å². The summed E-state index contributed by atoms with van der Waals surface area (Å²) >= 11 is 12.7. The van der Waals surface area contributed by atoms with E-state index in [-0.39, 0.29) is 23.0 Å². The van der Waals surface area contributed by atoms with Crippen molar-refractivity contribution < 1.29 is 18.0 Å². The Labute approximate surface area is 247 Å². The van der Waals surface area contributed by atoms with Crippen molar-refractivity contribution in [3.05, 3.63) is 94.0 Å². The summed E-state index contributed by atoms with van der Waals surface area (Å²) in [6, 6.07) is 18.9. The summed E-state index contributed by atoms with van der Waals surface area (Å²) in [7, 11) is -4.18. The van der Waals surface area contributed by atoms with E-state index in [0.29, 0.717) is 27.6 Å². The van der Waals surface area contributed by atoms with E-state index in [4.69, 9.17) is 23.2 Å². The first-order valence-electron chi connectivity index (χ1n) is 12.9. The topological polar surface area (TPSA) is 86.8 Å². The van der Waals surface area contributed by atoms with Gasteiger partial charge >= 0.3 is 0 Å². The first kappa shape index (κ1) is 31.5. The molecule has 40 heavy (non-hydrogen) atoms. The Bertz CT molecular complexity index is 1460. The smallest absolute Gasteiger partial charge is 0.264 e. The van der Waals surface area contributed by atoms with Crippen molar-refractivity contribution in [3.8, 4) is 0 Å². The number of sulfonamides is 1. The van der Waals surface area contributed by atoms with E-state index in [1.54, 1.807) is 68.4 Å². The molecule has 3 aromatic carbocycles. The highest BCUT2D eigenvalue weighted by Gasteiger charge is 2.35. The van der Waals surface area contributed by atoms with Gasteiger partial charge in [-0.2, -0.15) is 0 Å². The summed E-state index contributed by atoms with van der Waals surface area (Å²) in [5.74, 6) is -0.901. The zero-order valence-corrected chi connectivity index (χ0v) is 25.6. The summed E-state index contributed by atoms with van der Waals surface area (Å²) in [6.45, 7) is 8.58. The van der Waals surface area contributed by atoms with Gasteiger partial charge in [-0.3, -0.25) is 13.9 Å². The van der Waals surface area contributed by atoms with Crippen LogP contribution < -0.4 is 9.62 Å². The van der Waals surface area contributed by atoms with Crippen molar-refractivity contribution in [2.24, 2.45) is 0 Å². The van der Waals surface area contributed by atoms with Crippen LogP contribution in [0, 0.1) is 6.92 Å². The first-order chi connectivity index (χ1) is 18.7. The standard InChI is InChI=1S/C30H35Cl2N3O4S/c1-6-26(29(37)33-30(3,4)5)34(19-22-12-10-11-15-25(22)32)28(36)20-35(27-18-23(31)17-16-21(27)2)40(38,39)24-13-8-7-9-14-24/h7-18,26H,6,19-20H2,1-5H3,(H,33,37)/t26-/m1/s1. The predicted octanol–water partition coefficient (Wildman–Crippen LogP) is 6.22. The maximum Gasteiger partial charge on any atom is 0.264 e. The Morgan fingerprint density at radius 3 is 2.17 bits per heavy atom. The number of hydrogen-bond acceptors (Lipinski definition) is 4. The second-order valence-electron chi connectivity index (χ2n) is 10.5. The number of anilines is 1. The number of rotatable bonds is 10. The number of amides is 2. The van der Waals surface area contributed by atoms with Crippen LogP contribution >= 0.6 is 23.2 Å². The van der Waals surface area contributed by atoms with Gasteiger partial charge in [0.25, 0.3) is 10.0 Å². The van der Waals surface area contributed by atoms with Gasteiger partial charge in [0.05, 0.1) is 10.6 Å². The summed E-state index contributed by atoms with van der Waals surface area (Å²) in [5, 5.41) is 3.71. The van der Waals surface area contributed by atoms with Crippen LogP contribution in [0.5, 0.6) is 0 Å². The van der Waals surface area contributed by atoms with Crippen molar-refractivity contribution in [1.29, 1.82) is 0 Å². The number of carbonyl (C=O) groups excluding carboxylic acids is 2. The van der Waals surface area contributed by atoms with E-state index in [0.717, 1.165) is 4.31 Å². The molecular weight excluding hydrogens is 569 g/mol. The fourth-order valence-electron chi connectivity index (χ4n) is 4.27. The lowest BCUT2D eigenvalue weighted by molar-refractivity contribution is -0.141. The van der Waals surface area contributed by atoms with Gasteiger partial charge in [-0.05, 0) is 75.6 Å². The van der Waals surface area contributed by atoms with Gasteiger partial charge in [0, 0.05) is 22.1 Å². The van der Waals surface area contributed by atoms with Crippen LogP contribution in [-0.2, 0) is 26.2 Å². The molecule has 0 radical (unpaired) electrons. The molecule has 7 nitrogen and oxygen atoms in total. The molecule has 0 spiro atoms. The van der Waals surface area contributed by atoms with Crippen LogP contribution in [-0.4, -0.2) is 43.3 Å². The van der Waals surface area contributed by atoms with E-state index in [9.17, 15) is 18.0 Å². The Morgan fingerprint density at radius 2 is 1.57 bits per heavy atom. The highest BCUT2D eigenvalue weighted by Crippen LogP contribution is 2.30. The van der Waals surface area contributed by atoms with Crippen molar-refractivity contribution in [3.63, 3.8) is 0 Å². The molecule has 0 saturated carbocycles. The second kappa shape index (κ2) is 13.1. The molecule has 2 amide bonds. The number of hydrogen-bond donors (Lipinski definition) is 1. The average Bonchev–Trinajstić information content (AvgIpc) is 2.89. The molecule has 0 aromatic heterocycles. The molecule has 0 bridgehead atoms. The summed E-state index contributed by atoms with van der Waals surface area (Å²) in [4.78, 5) is 29.0. The summed E-state index contributed by atoms with van der Waals surface area (Å²) in [5.41, 5.74) is 0.988. The molecule has 214 valence electrons. The number of nitrogens with one attached hydrogen (secondary N) is 1. The monoisotopic (exact) mass is 603 g/mol. The van der Waals surface area contributed by atoms with Crippen molar-refractivity contribution in [2.75, 3.05) is 10.8 Å². The minimum absolute atomic E-state index is 0.0162. The van der Waals surface area contributed by atoms with E-state index < -0.39 is 34.1 Å². The largest absolute Gasteiger partial charge is 0.350 e. The SMILES string of the molecule is CC[C@H](C(=O)NC(C)(C)C)N(Cc1ccccc1Cl)C(=O)CN(c1cc(Cl)ccc1C)S(=O)(=O)c1ccccc1. The molecule has 0 saturated heterocycles. The molecule has 3 rings (SSSR count). The maximum absolute atomic E-state index is 14.2. The molecule has 3 aromatic rings. The van der Waals surface area contributed by atoms with Gasteiger partial charge in [0.15, 0.2) is 0 Å². The molecule has 10 heteroatoms. The third-order valence-electron chi connectivity index (χ3n) is 6.23. The van der Waals surface area contributed by atoms with Crippen LogP contribution in [0.25, 0.3) is 0 Å². The van der Waals surface area contributed by atoms with E-state index in [1.807, 2.05) is 20.8 Å². The molecule has 1 N–H and O–H groups in total. The summed E-state index contributed by atoms with van der Waals surface area (Å²) in [6.07, 6.45) is 0.305. The van der Waals surface area contributed by atoms with Gasteiger partial charge in [-0.15, -0.1) is 0 Å². The Morgan fingerprint density at radius 1 is 0.950 bits per heavy atom. The molecule has 0 heterocycles. The quantitative estimate of drug-likeness (QED) is 0.298. The fourth-order valence-corrected chi connectivity index (χ4v) is 6.12. The van der Waals surface area contributed by atoms with Crippen LogP contribution in [0.2, 0.25) is 10.0 Å². The van der Waals surface area contributed by atoms with Crippen LogP contribution in [0.1, 0.15) is 45.2 Å². The summed E-state index contributed by atoms with van der Waals surface area (Å²) < 4.78 is 28.9. The number of halogens is 2. The van der Waals surface area contributed by atoms with Crippen molar-refractivity contribution in [1.82, 2.24) is 10.2 Å². The predicted molar refractivity (Wildman–Crippen MR) is 161 cm³/mol. The van der Waals surface area contributed by atoms with Gasteiger partial charge in [0.1, 0.15) is 12.6 Å². The van der Waals surface area contributed by atoms with E-state index in [1.165, 1.54) is 23.1 Å². The molecular formula is C30H35Cl2N3O4S. The minimum Gasteiger partial charge on any atom is -0.350 e. The number of benzene rings is 3. The number of nitrogens with zero attached hydrogens (tertiary/aromatic N) is 2. The average molecular weight is 605 g/mol. The highest BCUT2D eigenvalue weighted by atomic mass is 35.5. The van der Waals surface area contributed by atoms with Gasteiger partial charge < -0.3 is 10.2 Å². The maximum atomic E-state index is 14.2. The fraction of sp³-hybridized carbons (Fsp3) is 0.333. The van der Waals surface area contributed by atoms with Crippen molar-refractivity contribution >= 4 is 50.7 Å². The van der Waals surface area contributed by atoms with E-state index in [2.05, 4.69) is 5.32 Å². The number of carbonyl (C=O) groups is 2. The van der Waals surface area contributed by atoms with Gasteiger partial charge in [-0.1, -0.05) is 72.6 Å². The zero-order valence-electron chi connectivity index (χ0n) is 23.3. The number of aryl methyl sites for hydroxylation is 1. The van der Waals surface area contributed by atoms with Crippen molar-refractivity contribution in [2.45, 2.75) is 64.1 Å². The third kappa shape index (κ3) is 7.77. The Kier molecular flexibility index (Phi) is 10.3. The Hall–Kier alpha value is -3.07. The molecule has 0 aliphatic heterocycles. The third-order valence-corrected chi connectivity index (χ3v) is 8.61. The molecule has 0 aliphatic rings. The minimum atomic E-state index is -4.18. The highest BCUT2D eigenvalue weighted by molar-refractivity contribution is 7.92. The van der Waals surface area contributed by atoms with Crippen LogP contribution in [0.15, 0.2) is 77.7 Å². The van der Waals surface area contributed by atoms with Crippen LogP contribution in [0.4, 0.5) is 5.69 Å². The zero-order chi connectivity index (χ0) is 29.7. The molecule has 1 atom stereocenters. The lowest BCUT2D eigenvalue weighted by atomic mass is 10.1. The van der Waals surface area contributed by atoms with E-state index >= 15 is 0 Å². The molecule has 0 aliphatic carbocycles. The lowest BCUT2D eigenvalue weighted by Crippen LogP contribution is -2.55. The van der Waals surface area contributed by atoms with Crippen LogP contribution in [0.3, 0.4) is 0 Å². The Balaban J connectivity index is 2.12.